The molecule has 0 fully saturated rings. The van der Waals surface area contributed by atoms with Crippen LogP contribution in [-0.2, 0) is 9.53 Å². The Balaban J connectivity index is 2.90. The molecule has 0 aliphatic rings. The van der Waals surface area contributed by atoms with Crippen molar-refractivity contribution in [2.75, 3.05) is 7.11 Å². The number of hydrogen-bond acceptors (Lipinski definition) is 3. The van der Waals surface area contributed by atoms with Gasteiger partial charge < -0.3 is 10.5 Å². The van der Waals surface area contributed by atoms with Gasteiger partial charge in [-0.3, -0.25) is 4.79 Å². The lowest BCUT2D eigenvalue weighted by atomic mass is 10.0. The molecule has 0 spiro atoms. The van der Waals surface area contributed by atoms with Gasteiger partial charge in [-0.1, -0.05) is 29.3 Å². The molecule has 0 bridgehead atoms. The van der Waals surface area contributed by atoms with E-state index in [9.17, 15) is 4.79 Å². The topological polar surface area (TPSA) is 52.3 Å². The molecule has 1 rings (SSSR count). The van der Waals surface area contributed by atoms with E-state index in [-0.39, 0.29) is 6.42 Å². The number of rotatable bonds is 3. The highest BCUT2D eigenvalue weighted by Gasteiger charge is 2.17. The highest BCUT2D eigenvalue weighted by atomic mass is 35.5. The first kappa shape index (κ1) is 12.3. The molecule has 0 aromatic heterocycles. The summed E-state index contributed by atoms with van der Waals surface area (Å²) in [6, 6.07) is 4.54. The molecular formula is C10H11Cl2NO2. The first-order valence-corrected chi connectivity index (χ1v) is 5.08. The number of benzene rings is 1. The summed E-state index contributed by atoms with van der Waals surface area (Å²) in [4.78, 5) is 11.0. The van der Waals surface area contributed by atoms with Crippen molar-refractivity contribution in [3.05, 3.63) is 33.8 Å². The molecule has 82 valence electrons. The maximum Gasteiger partial charge on any atom is 0.307 e. The lowest BCUT2D eigenvalue weighted by Gasteiger charge is -2.13. The molecule has 3 nitrogen and oxygen atoms in total. The molecule has 0 saturated carbocycles. The van der Waals surface area contributed by atoms with Gasteiger partial charge in [-0.15, -0.1) is 0 Å². The third-order valence-corrected chi connectivity index (χ3v) is 2.64. The third kappa shape index (κ3) is 3.09. The summed E-state index contributed by atoms with van der Waals surface area (Å²) < 4.78 is 4.52. The van der Waals surface area contributed by atoms with Crippen LogP contribution in [0.5, 0.6) is 0 Å². The van der Waals surface area contributed by atoms with Gasteiger partial charge in [0.15, 0.2) is 0 Å². The lowest BCUT2D eigenvalue weighted by Crippen LogP contribution is -2.17. The van der Waals surface area contributed by atoms with Gasteiger partial charge in [-0.2, -0.15) is 0 Å². The third-order valence-electron chi connectivity index (χ3n) is 1.98. The number of carbonyl (C=O) groups is 1. The van der Waals surface area contributed by atoms with Crippen LogP contribution >= 0.6 is 23.2 Å². The molecule has 1 aromatic carbocycles. The number of esters is 1. The molecule has 0 unspecified atom stereocenters. The highest BCUT2D eigenvalue weighted by Crippen LogP contribution is 2.30. The average Bonchev–Trinajstić information content (AvgIpc) is 2.17. The van der Waals surface area contributed by atoms with E-state index in [1.165, 1.54) is 7.11 Å². The van der Waals surface area contributed by atoms with Crippen LogP contribution in [0.1, 0.15) is 18.0 Å². The van der Waals surface area contributed by atoms with Crippen molar-refractivity contribution in [2.45, 2.75) is 12.5 Å². The number of methoxy groups -OCH3 is 1. The molecule has 1 atom stereocenters. The normalized spacial score (nSPS) is 12.3. The number of ether oxygens (including phenoxy) is 1. The van der Waals surface area contributed by atoms with Gasteiger partial charge in [0.1, 0.15) is 0 Å². The van der Waals surface area contributed by atoms with E-state index < -0.39 is 12.0 Å². The molecular weight excluding hydrogens is 237 g/mol. The zero-order chi connectivity index (χ0) is 11.4. The molecule has 0 aliphatic heterocycles. The Hall–Kier alpha value is -0.770. The number of nitrogens with two attached hydrogens (primary N) is 1. The fourth-order valence-electron chi connectivity index (χ4n) is 1.23. The standard InChI is InChI=1S/C10H11Cl2NO2/c1-15-9(14)5-8(13)10-6(11)3-2-4-7(10)12/h2-4,8H,5,13H2,1H3/t8-/m1/s1. The predicted molar refractivity (Wildman–Crippen MR) is 60.0 cm³/mol. The van der Waals surface area contributed by atoms with Crippen molar-refractivity contribution in [2.24, 2.45) is 5.73 Å². The maximum absolute atomic E-state index is 11.0. The molecule has 0 heterocycles. The van der Waals surface area contributed by atoms with Gasteiger partial charge in [0, 0.05) is 21.7 Å². The van der Waals surface area contributed by atoms with Crippen molar-refractivity contribution < 1.29 is 9.53 Å². The van der Waals surface area contributed by atoms with Crippen molar-refractivity contribution in [3.63, 3.8) is 0 Å². The zero-order valence-corrected chi connectivity index (χ0v) is 9.68. The average molecular weight is 248 g/mol. The Morgan fingerprint density at radius 2 is 2.00 bits per heavy atom. The quantitative estimate of drug-likeness (QED) is 0.836. The van der Waals surface area contributed by atoms with Crippen LogP contribution in [0.2, 0.25) is 10.0 Å². The van der Waals surface area contributed by atoms with Gasteiger partial charge in [-0.05, 0) is 12.1 Å². The summed E-state index contributed by atoms with van der Waals surface area (Å²) in [5.74, 6) is -0.390. The second-order valence-electron chi connectivity index (χ2n) is 3.02. The molecule has 5 heteroatoms. The fraction of sp³-hybridized carbons (Fsp3) is 0.300. The van der Waals surface area contributed by atoms with Gasteiger partial charge in [-0.25, -0.2) is 0 Å². The molecule has 0 radical (unpaired) electrons. The Labute approximate surface area is 98.1 Å². The summed E-state index contributed by atoms with van der Waals surface area (Å²) >= 11 is 11.9. The number of halogens is 2. The van der Waals surface area contributed by atoms with Crippen LogP contribution in [0, 0.1) is 0 Å². The molecule has 0 aliphatic carbocycles. The molecule has 1 aromatic rings. The van der Waals surface area contributed by atoms with E-state index in [1.54, 1.807) is 18.2 Å². The van der Waals surface area contributed by atoms with Gasteiger partial charge in [0.2, 0.25) is 0 Å². The lowest BCUT2D eigenvalue weighted by molar-refractivity contribution is -0.141. The van der Waals surface area contributed by atoms with Gasteiger partial charge in [0.05, 0.1) is 13.5 Å². The first-order chi connectivity index (χ1) is 7.06. The van der Waals surface area contributed by atoms with Crippen LogP contribution in [0.3, 0.4) is 0 Å². The summed E-state index contributed by atoms with van der Waals surface area (Å²) in [5, 5.41) is 0.915. The first-order valence-electron chi connectivity index (χ1n) is 4.32. The Kier molecular flexibility index (Phi) is 4.39. The van der Waals surface area contributed by atoms with Crippen LogP contribution < -0.4 is 5.73 Å². The summed E-state index contributed by atoms with van der Waals surface area (Å²) in [5.41, 5.74) is 6.38. The fourth-order valence-corrected chi connectivity index (χ4v) is 1.91. The second-order valence-corrected chi connectivity index (χ2v) is 3.84. The van der Waals surface area contributed by atoms with Crippen molar-refractivity contribution >= 4 is 29.2 Å². The van der Waals surface area contributed by atoms with E-state index in [0.717, 1.165) is 0 Å². The molecule has 15 heavy (non-hydrogen) atoms. The zero-order valence-electron chi connectivity index (χ0n) is 8.17. The minimum Gasteiger partial charge on any atom is -0.469 e. The largest absolute Gasteiger partial charge is 0.469 e. The molecule has 0 saturated heterocycles. The van der Waals surface area contributed by atoms with Crippen LogP contribution in [-0.4, -0.2) is 13.1 Å². The van der Waals surface area contributed by atoms with E-state index in [0.29, 0.717) is 15.6 Å². The minimum absolute atomic E-state index is 0.0555. The minimum atomic E-state index is -0.543. The van der Waals surface area contributed by atoms with Gasteiger partial charge >= 0.3 is 5.97 Å². The summed E-state index contributed by atoms with van der Waals surface area (Å²) in [6.45, 7) is 0. The van der Waals surface area contributed by atoms with E-state index >= 15 is 0 Å². The van der Waals surface area contributed by atoms with Crippen molar-refractivity contribution in [1.82, 2.24) is 0 Å². The molecule has 0 amide bonds. The SMILES string of the molecule is COC(=O)C[C@@H](N)c1c(Cl)cccc1Cl. The van der Waals surface area contributed by atoms with Crippen LogP contribution in [0.15, 0.2) is 18.2 Å². The molecule has 2 N–H and O–H groups in total. The van der Waals surface area contributed by atoms with Crippen molar-refractivity contribution in [3.8, 4) is 0 Å². The number of hydrogen-bond donors (Lipinski definition) is 1. The number of carbonyl (C=O) groups excluding carboxylic acids is 1. The Bertz CT molecular complexity index is 348. The Morgan fingerprint density at radius 1 is 1.47 bits per heavy atom. The summed E-state index contributed by atoms with van der Waals surface area (Å²) in [7, 11) is 1.31. The van der Waals surface area contributed by atoms with Crippen molar-refractivity contribution in [1.29, 1.82) is 0 Å². The predicted octanol–water partition coefficient (Wildman–Crippen LogP) is 2.56. The van der Waals surface area contributed by atoms with Gasteiger partial charge in [0.25, 0.3) is 0 Å². The van der Waals surface area contributed by atoms with E-state index in [2.05, 4.69) is 4.74 Å². The monoisotopic (exact) mass is 247 g/mol. The van der Waals surface area contributed by atoms with Crippen LogP contribution in [0.4, 0.5) is 0 Å². The van der Waals surface area contributed by atoms with E-state index in [4.69, 9.17) is 28.9 Å². The van der Waals surface area contributed by atoms with E-state index in [1.807, 2.05) is 0 Å². The Morgan fingerprint density at radius 3 is 2.47 bits per heavy atom. The summed E-state index contributed by atoms with van der Waals surface area (Å²) in [6.07, 6.45) is 0.0555. The van der Waals surface area contributed by atoms with Crippen LogP contribution in [0.25, 0.3) is 0 Å². The maximum atomic E-state index is 11.0. The second kappa shape index (κ2) is 5.35. The smallest absolute Gasteiger partial charge is 0.307 e. The highest BCUT2D eigenvalue weighted by molar-refractivity contribution is 6.36.